The number of nitrogens with one attached hydrogen (secondary N) is 1. The van der Waals surface area contributed by atoms with Crippen LogP contribution in [0, 0.1) is 6.92 Å². The summed E-state index contributed by atoms with van der Waals surface area (Å²) in [5.41, 5.74) is 6.52. The summed E-state index contributed by atoms with van der Waals surface area (Å²) in [4.78, 5) is 3.92. The van der Waals surface area contributed by atoms with Crippen LogP contribution in [0.2, 0.25) is 0 Å². The largest absolute Gasteiger partial charge is 0.399 e. The summed E-state index contributed by atoms with van der Waals surface area (Å²) in [5, 5.41) is 0.706. The van der Waals surface area contributed by atoms with Gasteiger partial charge < -0.3 is 5.73 Å². The van der Waals surface area contributed by atoms with Crippen molar-refractivity contribution >= 4 is 32.7 Å². The smallest absolute Gasteiger partial charge is 0.273 e. The van der Waals surface area contributed by atoms with Crippen LogP contribution in [0.3, 0.4) is 0 Å². The van der Waals surface area contributed by atoms with E-state index in [2.05, 4.69) is 9.71 Å². The molecule has 1 aromatic heterocycles. The highest BCUT2D eigenvalue weighted by molar-refractivity contribution is 7.94. The maximum Gasteiger partial charge on any atom is 0.273 e. The molecule has 0 aliphatic rings. The molecule has 0 aliphatic carbocycles. The predicted molar refractivity (Wildman–Crippen MR) is 68.5 cm³/mol. The highest BCUT2D eigenvalue weighted by atomic mass is 32.2. The number of aromatic nitrogens is 1. The maximum absolute atomic E-state index is 11.9. The Bertz CT molecular complexity index is 635. The van der Waals surface area contributed by atoms with Gasteiger partial charge in [-0.3, -0.25) is 4.72 Å². The standard InChI is InChI=1S/C10H11N3O2S2/c1-7-12-6-10(16-7)17(14,15)13-9-4-2-3-8(11)5-9/h2-6,13H,11H2,1H3. The molecule has 0 radical (unpaired) electrons. The number of anilines is 2. The van der Waals surface area contributed by atoms with Crippen molar-refractivity contribution in [3.05, 3.63) is 35.5 Å². The van der Waals surface area contributed by atoms with E-state index in [9.17, 15) is 8.42 Å². The number of nitrogen functional groups attached to an aromatic ring is 1. The molecule has 5 nitrogen and oxygen atoms in total. The van der Waals surface area contributed by atoms with Gasteiger partial charge in [-0.25, -0.2) is 13.4 Å². The van der Waals surface area contributed by atoms with Crippen molar-refractivity contribution in [2.75, 3.05) is 10.5 Å². The van der Waals surface area contributed by atoms with Crippen molar-refractivity contribution in [3.63, 3.8) is 0 Å². The quantitative estimate of drug-likeness (QED) is 0.832. The van der Waals surface area contributed by atoms with Gasteiger partial charge in [0.2, 0.25) is 0 Å². The lowest BCUT2D eigenvalue weighted by atomic mass is 10.3. The van der Waals surface area contributed by atoms with Crippen molar-refractivity contribution in [1.82, 2.24) is 4.98 Å². The van der Waals surface area contributed by atoms with Gasteiger partial charge in [0, 0.05) is 5.69 Å². The summed E-state index contributed by atoms with van der Waals surface area (Å²) >= 11 is 1.13. The minimum Gasteiger partial charge on any atom is -0.399 e. The van der Waals surface area contributed by atoms with Crippen molar-refractivity contribution in [1.29, 1.82) is 0 Å². The van der Waals surface area contributed by atoms with Crippen LogP contribution in [0.25, 0.3) is 0 Å². The fourth-order valence-electron chi connectivity index (χ4n) is 1.27. The number of nitrogens with zero attached hydrogens (tertiary/aromatic N) is 1. The van der Waals surface area contributed by atoms with Crippen molar-refractivity contribution < 1.29 is 8.42 Å². The van der Waals surface area contributed by atoms with Crippen LogP contribution >= 0.6 is 11.3 Å². The van der Waals surface area contributed by atoms with E-state index in [0.717, 1.165) is 11.3 Å². The van der Waals surface area contributed by atoms with Crippen LogP contribution in [0.15, 0.2) is 34.7 Å². The molecule has 2 aromatic rings. The minimum atomic E-state index is -3.56. The van der Waals surface area contributed by atoms with E-state index in [4.69, 9.17) is 5.73 Å². The second-order valence-corrected chi connectivity index (χ2v) is 6.57. The molecule has 0 spiro atoms. The maximum atomic E-state index is 11.9. The first-order chi connectivity index (χ1) is 7.97. The zero-order valence-corrected chi connectivity index (χ0v) is 10.7. The second kappa shape index (κ2) is 4.34. The fourth-order valence-corrected chi connectivity index (χ4v) is 3.43. The minimum absolute atomic E-state index is 0.192. The average molecular weight is 269 g/mol. The Balaban J connectivity index is 2.29. The molecule has 0 unspecified atom stereocenters. The molecule has 0 amide bonds. The molecule has 0 bridgehead atoms. The van der Waals surface area contributed by atoms with Crippen LogP contribution in [-0.4, -0.2) is 13.4 Å². The molecule has 7 heteroatoms. The molecule has 0 saturated carbocycles. The normalized spacial score (nSPS) is 11.4. The summed E-state index contributed by atoms with van der Waals surface area (Å²) < 4.78 is 26.5. The van der Waals surface area contributed by atoms with Gasteiger partial charge >= 0.3 is 0 Å². The third-order valence-corrected chi connectivity index (χ3v) is 4.76. The van der Waals surface area contributed by atoms with Crippen molar-refractivity contribution in [2.45, 2.75) is 11.1 Å². The highest BCUT2D eigenvalue weighted by Crippen LogP contribution is 2.22. The Morgan fingerprint density at radius 2 is 2.18 bits per heavy atom. The Morgan fingerprint density at radius 1 is 1.41 bits per heavy atom. The van der Waals surface area contributed by atoms with Gasteiger partial charge in [-0.1, -0.05) is 6.07 Å². The Kier molecular flexibility index (Phi) is 3.03. The number of hydrogen-bond donors (Lipinski definition) is 2. The summed E-state index contributed by atoms with van der Waals surface area (Å²) in [5.74, 6) is 0. The molecule has 17 heavy (non-hydrogen) atoms. The number of thiazole rings is 1. The van der Waals surface area contributed by atoms with E-state index in [1.165, 1.54) is 6.20 Å². The topological polar surface area (TPSA) is 85.1 Å². The molecule has 1 aromatic carbocycles. The summed E-state index contributed by atoms with van der Waals surface area (Å²) in [6.07, 6.45) is 1.34. The molecular formula is C10H11N3O2S2. The first-order valence-corrected chi connectivity index (χ1v) is 7.08. The van der Waals surface area contributed by atoms with E-state index >= 15 is 0 Å². The summed E-state index contributed by atoms with van der Waals surface area (Å²) in [6.45, 7) is 1.75. The predicted octanol–water partition coefficient (Wildman–Crippen LogP) is 1.83. The zero-order chi connectivity index (χ0) is 12.5. The first-order valence-electron chi connectivity index (χ1n) is 4.78. The third-order valence-electron chi connectivity index (χ3n) is 2.00. The lowest BCUT2D eigenvalue weighted by molar-refractivity contribution is 0.603. The summed E-state index contributed by atoms with van der Waals surface area (Å²) in [6, 6.07) is 6.58. The van der Waals surface area contributed by atoms with Gasteiger partial charge in [-0.2, -0.15) is 0 Å². The molecule has 1 heterocycles. The van der Waals surface area contributed by atoms with Crippen molar-refractivity contribution in [2.24, 2.45) is 0 Å². The van der Waals surface area contributed by atoms with E-state index in [1.54, 1.807) is 31.2 Å². The van der Waals surface area contributed by atoms with Crippen LogP contribution in [-0.2, 0) is 10.0 Å². The first kappa shape index (κ1) is 11.9. The molecule has 90 valence electrons. The number of sulfonamides is 1. The van der Waals surface area contributed by atoms with Crippen LogP contribution in [0.4, 0.5) is 11.4 Å². The monoisotopic (exact) mass is 269 g/mol. The third kappa shape index (κ3) is 2.75. The SMILES string of the molecule is Cc1ncc(S(=O)(=O)Nc2cccc(N)c2)s1. The second-order valence-electron chi connectivity index (χ2n) is 3.43. The van der Waals surface area contributed by atoms with E-state index < -0.39 is 10.0 Å². The van der Waals surface area contributed by atoms with Crippen LogP contribution in [0.5, 0.6) is 0 Å². The number of aryl methyl sites for hydroxylation is 1. The summed E-state index contributed by atoms with van der Waals surface area (Å²) in [7, 11) is -3.56. The number of hydrogen-bond acceptors (Lipinski definition) is 5. The molecular weight excluding hydrogens is 258 g/mol. The molecule has 0 aliphatic heterocycles. The van der Waals surface area contributed by atoms with E-state index in [-0.39, 0.29) is 4.21 Å². The molecule has 2 rings (SSSR count). The number of rotatable bonds is 3. The Hall–Kier alpha value is -1.60. The highest BCUT2D eigenvalue weighted by Gasteiger charge is 2.16. The lowest BCUT2D eigenvalue weighted by Crippen LogP contribution is -2.11. The van der Waals surface area contributed by atoms with Crippen LogP contribution < -0.4 is 10.5 Å². The average Bonchev–Trinajstić information content (AvgIpc) is 2.65. The van der Waals surface area contributed by atoms with Gasteiger partial charge in [0.05, 0.1) is 16.9 Å². The van der Waals surface area contributed by atoms with Crippen LogP contribution in [0.1, 0.15) is 5.01 Å². The molecule has 0 atom stereocenters. The Labute approximate surface area is 103 Å². The van der Waals surface area contributed by atoms with Crippen molar-refractivity contribution in [3.8, 4) is 0 Å². The fraction of sp³-hybridized carbons (Fsp3) is 0.100. The van der Waals surface area contributed by atoms with Gasteiger partial charge in [0.1, 0.15) is 0 Å². The van der Waals surface area contributed by atoms with Gasteiger partial charge in [-0.15, -0.1) is 11.3 Å². The zero-order valence-electron chi connectivity index (χ0n) is 9.04. The van der Waals surface area contributed by atoms with E-state index in [0.29, 0.717) is 16.4 Å². The molecule has 3 N–H and O–H groups in total. The van der Waals surface area contributed by atoms with Gasteiger partial charge in [0.25, 0.3) is 10.0 Å². The van der Waals surface area contributed by atoms with Gasteiger partial charge in [-0.05, 0) is 25.1 Å². The van der Waals surface area contributed by atoms with E-state index in [1.807, 2.05) is 0 Å². The number of benzene rings is 1. The lowest BCUT2D eigenvalue weighted by Gasteiger charge is -2.05. The molecule has 0 fully saturated rings. The molecule has 0 saturated heterocycles. The Morgan fingerprint density at radius 3 is 2.76 bits per heavy atom. The van der Waals surface area contributed by atoms with Gasteiger partial charge in [0.15, 0.2) is 4.21 Å². The number of nitrogens with two attached hydrogens (primary N) is 1.